The number of hydrogen-bond donors (Lipinski definition) is 2. The van der Waals surface area contributed by atoms with Crippen molar-refractivity contribution in [2.24, 2.45) is 0 Å². The van der Waals surface area contributed by atoms with Crippen LogP contribution in [0.25, 0.3) is 0 Å². The van der Waals surface area contributed by atoms with E-state index in [0.29, 0.717) is 16.3 Å². The lowest BCUT2D eigenvalue weighted by molar-refractivity contribution is -0.384. The molecule has 9 heteroatoms. The lowest BCUT2D eigenvalue weighted by Gasteiger charge is -2.12. The number of anilines is 1. The highest BCUT2D eigenvalue weighted by Crippen LogP contribution is 2.28. The number of nitro groups is 1. The minimum absolute atomic E-state index is 0.0252. The number of rotatable bonds is 4. The molecule has 0 bridgehead atoms. The molecule has 114 valence electrons. The first-order valence-corrected chi connectivity index (χ1v) is 7.28. The van der Waals surface area contributed by atoms with E-state index in [1.165, 1.54) is 36.6 Å². The molecule has 0 saturated carbocycles. The number of non-ortho nitro benzene ring substituents is 1. The van der Waals surface area contributed by atoms with E-state index in [2.05, 4.69) is 10.6 Å². The van der Waals surface area contributed by atoms with Gasteiger partial charge < -0.3 is 10.1 Å². The Kier molecular flexibility index (Phi) is 5.02. The number of hydrogen-bond acceptors (Lipinski definition) is 6. The zero-order valence-electron chi connectivity index (χ0n) is 11.4. The molecule has 2 aromatic rings. The average Bonchev–Trinajstić information content (AvgIpc) is 3.01. The Morgan fingerprint density at radius 3 is 2.77 bits per heavy atom. The Balaban J connectivity index is 2.12. The molecule has 0 saturated heterocycles. The van der Waals surface area contributed by atoms with Gasteiger partial charge in [0.25, 0.3) is 11.6 Å². The van der Waals surface area contributed by atoms with Gasteiger partial charge in [-0.05, 0) is 29.7 Å². The number of nitrogens with one attached hydrogen (secondary N) is 2. The molecule has 0 unspecified atom stereocenters. The molecule has 1 amide bonds. The van der Waals surface area contributed by atoms with Gasteiger partial charge in [0.1, 0.15) is 5.75 Å². The number of carbonyl (C=O) groups excluding carboxylic acids is 1. The molecule has 1 aromatic carbocycles. The van der Waals surface area contributed by atoms with Crippen LogP contribution in [0, 0.1) is 10.1 Å². The van der Waals surface area contributed by atoms with E-state index >= 15 is 0 Å². The second kappa shape index (κ2) is 6.96. The minimum Gasteiger partial charge on any atom is -0.495 e. The fraction of sp³-hybridized carbons (Fsp3) is 0.0769. The van der Waals surface area contributed by atoms with Crippen LogP contribution in [0.4, 0.5) is 11.4 Å². The fourth-order valence-corrected chi connectivity index (χ4v) is 2.45. The minimum atomic E-state index is -0.530. The molecule has 2 rings (SSSR count). The van der Waals surface area contributed by atoms with E-state index in [1.807, 2.05) is 0 Å². The molecule has 1 heterocycles. The van der Waals surface area contributed by atoms with Crippen molar-refractivity contribution in [3.63, 3.8) is 0 Å². The third-order valence-electron chi connectivity index (χ3n) is 2.61. The molecule has 0 aliphatic rings. The van der Waals surface area contributed by atoms with Gasteiger partial charge in [-0.2, -0.15) is 0 Å². The van der Waals surface area contributed by atoms with Crippen molar-refractivity contribution in [2.45, 2.75) is 0 Å². The maximum atomic E-state index is 11.9. The van der Waals surface area contributed by atoms with Crippen molar-refractivity contribution in [1.82, 2.24) is 5.32 Å². The summed E-state index contributed by atoms with van der Waals surface area (Å²) in [6, 6.07) is 7.46. The van der Waals surface area contributed by atoms with E-state index < -0.39 is 4.92 Å². The Hall–Kier alpha value is -2.52. The maximum Gasteiger partial charge on any atom is 0.271 e. The van der Waals surface area contributed by atoms with E-state index in [9.17, 15) is 14.9 Å². The van der Waals surface area contributed by atoms with Crippen LogP contribution < -0.4 is 15.4 Å². The summed E-state index contributed by atoms with van der Waals surface area (Å²) in [6.45, 7) is 0. The van der Waals surface area contributed by atoms with E-state index in [1.54, 1.807) is 17.5 Å². The fourth-order valence-electron chi connectivity index (χ4n) is 1.63. The molecule has 0 radical (unpaired) electrons. The first-order chi connectivity index (χ1) is 10.5. The highest BCUT2D eigenvalue weighted by Gasteiger charge is 2.14. The number of nitrogens with zero attached hydrogens (tertiary/aromatic N) is 1. The number of nitro benzene ring substituents is 1. The van der Waals surface area contributed by atoms with Crippen molar-refractivity contribution >= 4 is 45.9 Å². The summed E-state index contributed by atoms with van der Waals surface area (Å²) in [5.41, 5.74) is 0.184. The lowest BCUT2D eigenvalue weighted by atomic mass is 10.2. The lowest BCUT2D eigenvalue weighted by Crippen LogP contribution is -2.33. The Labute approximate surface area is 135 Å². The van der Waals surface area contributed by atoms with Crippen molar-refractivity contribution in [1.29, 1.82) is 0 Å². The Morgan fingerprint density at radius 2 is 2.18 bits per heavy atom. The molecule has 7 nitrogen and oxygen atoms in total. The first-order valence-electron chi connectivity index (χ1n) is 5.99. The van der Waals surface area contributed by atoms with Gasteiger partial charge in [0, 0.05) is 12.1 Å². The van der Waals surface area contributed by atoms with Crippen molar-refractivity contribution in [3.05, 3.63) is 50.7 Å². The third-order valence-corrected chi connectivity index (χ3v) is 3.69. The zero-order chi connectivity index (χ0) is 16.1. The van der Waals surface area contributed by atoms with Gasteiger partial charge in [0.2, 0.25) is 0 Å². The summed E-state index contributed by atoms with van der Waals surface area (Å²) in [5.74, 6) is 0.0234. The summed E-state index contributed by atoms with van der Waals surface area (Å²) in [5, 5.41) is 17.8. The summed E-state index contributed by atoms with van der Waals surface area (Å²) in [4.78, 5) is 22.7. The number of benzene rings is 1. The second-order valence-electron chi connectivity index (χ2n) is 4.03. The van der Waals surface area contributed by atoms with Crippen LogP contribution in [0.5, 0.6) is 5.75 Å². The molecule has 22 heavy (non-hydrogen) atoms. The molecular formula is C13H11N3O4S2. The van der Waals surface area contributed by atoms with Gasteiger partial charge >= 0.3 is 0 Å². The van der Waals surface area contributed by atoms with E-state index in [4.69, 9.17) is 17.0 Å². The van der Waals surface area contributed by atoms with Crippen molar-refractivity contribution in [2.75, 3.05) is 12.4 Å². The molecule has 0 aliphatic heterocycles. The number of amides is 1. The monoisotopic (exact) mass is 337 g/mol. The average molecular weight is 337 g/mol. The normalized spacial score (nSPS) is 9.86. The number of methoxy groups -OCH3 is 1. The van der Waals surface area contributed by atoms with Crippen LogP contribution in [0.15, 0.2) is 35.7 Å². The summed E-state index contributed by atoms with van der Waals surface area (Å²) < 4.78 is 5.10. The molecule has 2 N–H and O–H groups in total. The number of ether oxygens (including phenoxy) is 1. The first kappa shape index (κ1) is 15.9. The van der Waals surface area contributed by atoms with Crippen LogP contribution in [-0.4, -0.2) is 23.1 Å². The predicted octanol–water partition coefficient (Wildman–Crippen LogP) is 2.79. The molecule has 0 atom stereocenters. The van der Waals surface area contributed by atoms with Gasteiger partial charge in [0.05, 0.1) is 22.6 Å². The molecule has 0 spiro atoms. The SMILES string of the molecule is COc1ccc([N+](=O)[O-])cc1NC(=S)NC(=O)c1cccs1. The van der Waals surface area contributed by atoms with E-state index in [0.717, 1.165) is 0 Å². The zero-order valence-corrected chi connectivity index (χ0v) is 13.0. The van der Waals surface area contributed by atoms with Crippen molar-refractivity contribution < 1.29 is 14.5 Å². The smallest absolute Gasteiger partial charge is 0.271 e. The number of thiocarbonyl (C=S) groups is 1. The highest BCUT2D eigenvalue weighted by molar-refractivity contribution is 7.80. The van der Waals surface area contributed by atoms with Crippen LogP contribution >= 0.6 is 23.6 Å². The van der Waals surface area contributed by atoms with Crippen molar-refractivity contribution in [3.8, 4) is 5.75 Å². The van der Waals surface area contributed by atoms with Crippen LogP contribution in [0.3, 0.4) is 0 Å². The summed E-state index contributed by atoms with van der Waals surface area (Å²) in [7, 11) is 1.43. The largest absolute Gasteiger partial charge is 0.495 e. The quantitative estimate of drug-likeness (QED) is 0.506. The molecule has 1 aromatic heterocycles. The Morgan fingerprint density at radius 1 is 1.41 bits per heavy atom. The van der Waals surface area contributed by atoms with E-state index in [-0.39, 0.29) is 16.7 Å². The number of thiophene rings is 1. The molecule has 0 aliphatic carbocycles. The highest BCUT2D eigenvalue weighted by atomic mass is 32.1. The van der Waals surface area contributed by atoms with Gasteiger partial charge in [-0.15, -0.1) is 11.3 Å². The summed E-state index contributed by atoms with van der Waals surface area (Å²) in [6.07, 6.45) is 0. The Bertz CT molecular complexity index is 716. The molecule has 0 fully saturated rings. The van der Waals surface area contributed by atoms with Gasteiger partial charge in [0.15, 0.2) is 5.11 Å². The van der Waals surface area contributed by atoms with Gasteiger partial charge in [-0.3, -0.25) is 20.2 Å². The van der Waals surface area contributed by atoms with Crippen LogP contribution in [-0.2, 0) is 0 Å². The maximum absolute atomic E-state index is 11.9. The second-order valence-corrected chi connectivity index (χ2v) is 5.38. The topological polar surface area (TPSA) is 93.5 Å². The third kappa shape index (κ3) is 3.77. The van der Waals surface area contributed by atoms with Crippen LogP contribution in [0.2, 0.25) is 0 Å². The standard InChI is InChI=1S/C13H11N3O4S2/c1-20-10-5-4-8(16(18)19)7-9(10)14-13(21)15-12(17)11-3-2-6-22-11/h2-7H,1H3,(H2,14,15,17,21). The number of carbonyl (C=O) groups is 1. The van der Waals surface area contributed by atoms with Gasteiger partial charge in [-0.1, -0.05) is 6.07 Å². The predicted molar refractivity (Wildman–Crippen MR) is 87.7 cm³/mol. The van der Waals surface area contributed by atoms with Crippen LogP contribution in [0.1, 0.15) is 9.67 Å². The van der Waals surface area contributed by atoms with Gasteiger partial charge in [-0.25, -0.2) is 0 Å². The molecular weight excluding hydrogens is 326 g/mol. The summed E-state index contributed by atoms with van der Waals surface area (Å²) >= 11 is 6.32.